The Morgan fingerprint density at radius 2 is 1.49 bits per heavy atom. The Morgan fingerprint density at radius 1 is 0.889 bits per heavy atom. The quantitative estimate of drug-likeness (QED) is 0.289. The second-order valence-electron chi connectivity index (χ2n) is 12.1. The van der Waals surface area contributed by atoms with E-state index >= 15 is 4.39 Å². The Labute approximate surface area is 253 Å². The Kier molecular flexibility index (Phi) is 8.06. The van der Waals surface area contributed by atoms with Crippen LogP contribution in [0.2, 0.25) is 0 Å². The van der Waals surface area contributed by atoms with Gasteiger partial charge in [0.15, 0.2) is 9.84 Å². The zero-order chi connectivity index (χ0) is 33.3. The highest BCUT2D eigenvalue weighted by atomic mass is 32.2. The molecule has 246 valence electrons. The van der Waals surface area contributed by atoms with E-state index in [1.165, 1.54) is 11.8 Å². The molecule has 2 aromatic carbocycles. The molecule has 0 radical (unpaired) electrons. The standard InChI is InChI=1S/C30H29F8NO5S/c1-16-14-21(8-10-23(16)31)45(43,44)27-12-13-39(25(40)17-2-4-18(5-3-17)26(41)42)24(27)11-6-19-15-20(7-9-22(19)27)28(32,29(33,34)35)30(36,37)38/h7-10,14-15,17-18,24H,2-6,11-13H2,1H3,(H,41,42). The average Bonchev–Trinajstić information content (AvgIpc) is 3.38. The first-order chi connectivity index (χ1) is 20.8. The molecule has 1 N–H and O–H groups in total. The van der Waals surface area contributed by atoms with Crippen LogP contribution in [0.1, 0.15) is 60.8 Å². The summed E-state index contributed by atoms with van der Waals surface area (Å²) in [6.07, 6.45) is -12.5. The van der Waals surface area contributed by atoms with E-state index in [0.29, 0.717) is 6.07 Å². The third kappa shape index (κ3) is 4.99. The summed E-state index contributed by atoms with van der Waals surface area (Å²) in [5.41, 5.74) is -7.89. The fourth-order valence-corrected chi connectivity index (χ4v) is 9.76. The third-order valence-corrected chi connectivity index (χ3v) is 12.2. The Hall–Kier alpha value is -3.23. The molecule has 1 heterocycles. The summed E-state index contributed by atoms with van der Waals surface area (Å²) in [5, 5.41) is 9.32. The van der Waals surface area contributed by atoms with Crippen molar-refractivity contribution in [1.29, 1.82) is 0 Å². The topological polar surface area (TPSA) is 91.8 Å². The molecule has 45 heavy (non-hydrogen) atoms. The van der Waals surface area contributed by atoms with E-state index in [4.69, 9.17) is 0 Å². The van der Waals surface area contributed by atoms with Crippen LogP contribution in [0.4, 0.5) is 35.1 Å². The normalized spacial score (nSPS) is 25.9. The molecule has 0 spiro atoms. The summed E-state index contributed by atoms with van der Waals surface area (Å²) in [4.78, 5) is 26.2. The van der Waals surface area contributed by atoms with Gasteiger partial charge in [-0.25, -0.2) is 17.2 Å². The first kappa shape index (κ1) is 33.1. The summed E-state index contributed by atoms with van der Waals surface area (Å²) >= 11 is 0. The van der Waals surface area contributed by atoms with Crippen molar-refractivity contribution in [1.82, 2.24) is 4.90 Å². The van der Waals surface area contributed by atoms with E-state index in [-0.39, 0.29) is 79.1 Å². The van der Waals surface area contributed by atoms with Crippen LogP contribution < -0.4 is 0 Å². The van der Waals surface area contributed by atoms with Crippen molar-refractivity contribution in [3.63, 3.8) is 0 Å². The minimum atomic E-state index is -6.37. The van der Waals surface area contributed by atoms with Crippen molar-refractivity contribution < 1.29 is 58.2 Å². The Morgan fingerprint density at radius 3 is 2.04 bits per heavy atom. The number of halogens is 8. The van der Waals surface area contributed by atoms with Gasteiger partial charge in [-0.05, 0) is 86.8 Å². The van der Waals surface area contributed by atoms with Crippen LogP contribution in [0.5, 0.6) is 0 Å². The average molecular weight is 668 g/mol. The van der Waals surface area contributed by atoms with Gasteiger partial charge in [-0.1, -0.05) is 18.2 Å². The smallest absolute Gasteiger partial charge is 0.435 e. The monoisotopic (exact) mass is 667 g/mol. The maximum atomic E-state index is 15.0. The van der Waals surface area contributed by atoms with E-state index in [1.54, 1.807) is 0 Å². The van der Waals surface area contributed by atoms with Gasteiger partial charge in [0, 0.05) is 18.0 Å². The van der Waals surface area contributed by atoms with Gasteiger partial charge < -0.3 is 10.0 Å². The molecule has 2 aromatic rings. The Bertz CT molecular complexity index is 1620. The number of nitrogens with zero attached hydrogens (tertiary/aromatic N) is 1. The van der Waals surface area contributed by atoms with Gasteiger partial charge in [0.1, 0.15) is 10.6 Å². The number of hydrogen-bond acceptors (Lipinski definition) is 4. The van der Waals surface area contributed by atoms with Gasteiger partial charge in [0.25, 0.3) is 0 Å². The molecular formula is C30H29F8NO5S. The van der Waals surface area contributed by atoms with Gasteiger partial charge in [-0.2, -0.15) is 26.3 Å². The molecule has 1 aliphatic heterocycles. The number of carboxylic acids is 1. The van der Waals surface area contributed by atoms with Crippen LogP contribution in [0, 0.1) is 24.6 Å². The van der Waals surface area contributed by atoms with Gasteiger partial charge in [-0.15, -0.1) is 0 Å². The largest absolute Gasteiger partial charge is 0.481 e. The number of sulfone groups is 1. The third-order valence-electron chi connectivity index (χ3n) is 9.69. The molecule has 0 bridgehead atoms. The van der Waals surface area contributed by atoms with Gasteiger partial charge in [-0.3, -0.25) is 9.59 Å². The van der Waals surface area contributed by atoms with Crippen LogP contribution in [0.25, 0.3) is 0 Å². The number of carbonyl (C=O) groups is 2. The van der Waals surface area contributed by atoms with E-state index in [9.17, 15) is 53.8 Å². The Balaban J connectivity index is 1.64. The minimum Gasteiger partial charge on any atom is -0.481 e. The number of likely N-dealkylation sites (tertiary alicyclic amines) is 1. The zero-order valence-electron chi connectivity index (χ0n) is 23.8. The number of fused-ring (bicyclic) bond motifs is 3. The number of benzene rings is 2. The summed E-state index contributed by atoms with van der Waals surface area (Å²) in [5.74, 6) is -3.36. The summed E-state index contributed by atoms with van der Waals surface area (Å²) < 4.78 is 138. The van der Waals surface area contributed by atoms with Crippen LogP contribution >= 0.6 is 0 Å². The predicted molar refractivity (Wildman–Crippen MR) is 143 cm³/mol. The molecular weight excluding hydrogens is 638 g/mol. The second-order valence-corrected chi connectivity index (χ2v) is 14.3. The van der Waals surface area contributed by atoms with Crippen LogP contribution in [-0.2, 0) is 36.3 Å². The number of carbonyl (C=O) groups excluding carboxylic acids is 1. The van der Waals surface area contributed by atoms with E-state index in [0.717, 1.165) is 24.3 Å². The number of amides is 1. The van der Waals surface area contributed by atoms with Crippen molar-refractivity contribution in [3.05, 3.63) is 64.5 Å². The van der Waals surface area contributed by atoms with E-state index in [2.05, 4.69) is 0 Å². The van der Waals surface area contributed by atoms with Crippen LogP contribution in [-0.4, -0.2) is 55.2 Å². The number of aliphatic carboxylic acids is 1. The summed E-state index contributed by atoms with van der Waals surface area (Å²) in [6.45, 7) is 1.19. The fraction of sp³-hybridized carbons (Fsp3) is 0.533. The molecule has 1 amide bonds. The summed E-state index contributed by atoms with van der Waals surface area (Å²) in [6, 6.07) is 3.34. The molecule has 3 aliphatic rings. The number of hydrogen-bond donors (Lipinski definition) is 1. The predicted octanol–water partition coefficient (Wildman–Crippen LogP) is 6.53. The lowest BCUT2D eigenvalue weighted by Gasteiger charge is -2.44. The zero-order valence-corrected chi connectivity index (χ0v) is 24.6. The molecule has 1 saturated carbocycles. The van der Waals surface area contributed by atoms with Crippen molar-refractivity contribution in [2.24, 2.45) is 11.8 Å². The van der Waals surface area contributed by atoms with E-state index < -0.39 is 73.7 Å². The summed E-state index contributed by atoms with van der Waals surface area (Å²) in [7, 11) is -4.61. The lowest BCUT2D eigenvalue weighted by Crippen LogP contribution is -2.53. The van der Waals surface area contributed by atoms with Crippen molar-refractivity contribution in [2.75, 3.05) is 6.54 Å². The molecule has 15 heteroatoms. The van der Waals surface area contributed by atoms with Gasteiger partial charge in [0.05, 0.1) is 16.9 Å². The molecule has 2 aliphatic carbocycles. The minimum absolute atomic E-state index is 0.0332. The molecule has 1 saturated heterocycles. The molecule has 2 atom stereocenters. The number of alkyl halides is 7. The highest BCUT2D eigenvalue weighted by Crippen LogP contribution is 2.57. The fourth-order valence-electron chi connectivity index (χ4n) is 7.31. The van der Waals surface area contributed by atoms with Gasteiger partial charge >= 0.3 is 24.0 Å². The molecule has 6 nitrogen and oxygen atoms in total. The van der Waals surface area contributed by atoms with E-state index in [1.807, 2.05) is 0 Å². The number of carboxylic acid groups (broad SMARTS) is 1. The maximum absolute atomic E-state index is 15.0. The number of rotatable bonds is 5. The first-order valence-electron chi connectivity index (χ1n) is 14.3. The lowest BCUT2D eigenvalue weighted by atomic mass is 9.76. The highest BCUT2D eigenvalue weighted by molar-refractivity contribution is 7.92. The lowest BCUT2D eigenvalue weighted by molar-refractivity contribution is -0.348. The second kappa shape index (κ2) is 10.9. The highest BCUT2D eigenvalue weighted by Gasteiger charge is 2.74. The van der Waals surface area contributed by atoms with Gasteiger partial charge in [0.2, 0.25) is 5.91 Å². The van der Waals surface area contributed by atoms with Crippen molar-refractivity contribution >= 4 is 21.7 Å². The first-order valence-corrected chi connectivity index (χ1v) is 15.8. The number of aryl methyl sites for hydroxylation is 2. The van der Waals surface area contributed by atoms with Crippen LogP contribution in [0.3, 0.4) is 0 Å². The molecule has 2 unspecified atom stereocenters. The SMILES string of the molecule is Cc1cc(S(=O)(=O)C23CCN(C(=O)C4CCC(C(=O)O)CC4)C2CCc2cc(C(F)(C(F)(F)F)C(F)(F)F)ccc23)ccc1F. The maximum Gasteiger partial charge on any atom is 0.435 e. The van der Waals surface area contributed by atoms with Crippen molar-refractivity contribution in [3.8, 4) is 0 Å². The van der Waals surface area contributed by atoms with Crippen molar-refractivity contribution in [2.45, 2.75) is 85.6 Å². The molecule has 0 aromatic heterocycles. The molecule has 5 rings (SSSR count). The van der Waals surface area contributed by atoms with Crippen LogP contribution in [0.15, 0.2) is 41.3 Å². The molecule has 2 fully saturated rings.